The number of alkyl halides is 3. The van der Waals surface area contributed by atoms with E-state index < -0.39 is 23.6 Å². The number of carbonyl (C=O) groups is 2. The van der Waals surface area contributed by atoms with Crippen LogP contribution in [0.1, 0.15) is 45.7 Å². The van der Waals surface area contributed by atoms with Crippen molar-refractivity contribution in [2.75, 3.05) is 19.6 Å². The number of hydrogen-bond donors (Lipinski definition) is 0. The van der Waals surface area contributed by atoms with Gasteiger partial charge in [0.2, 0.25) is 0 Å². The van der Waals surface area contributed by atoms with Crippen molar-refractivity contribution in [1.82, 2.24) is 14.8 Å². The van der Waals surface area contributed by atoms with Crippen molar-refractivity contribution in [3.05, 3.63) is 64.5 Å². The molecule has 1 aromatic heterocycles. The SMILES string of the molecule is Cc1nc(C(F)(F)F)ccc1C(=O)N1CCC2(CC1)CN(Cc1ccc(C#N)cc1)C(=O)O2. The van der Waals surface area contributed by atoms with Gasteiger partial charge in [0.1, 0.15) is 11.3 Å². The molecule has 1 spiro atoms. The quantitative estimate of drug-likeness (QED) is 0.696. The molecule has 0 saturated carbocycles. The van der Waals surface area contributed by atoms with Crippen molar-refractivity contribution < 1.29 is 27.5 Å². The first-order valence-electron chi connectivity index (χ1n) is 10.4. The number of nitrogens with zero attached hydrogens (tertiary/aromatic N) is 4. The van der Waals surface area contributed by atoms with Crippen molar-refractivity contribution in [1.29, 1.82) is 5.26 Å². The molecule has 172 valence electrons. The largest absolute Gasteiger partial charge is 0.441 e. The Bertz CT molecular complexity index is 1120. The second-order valence-electron chi connectivity index (χ2n) is 8.34. The molecule has 7 nitrogen and oxygen atoms in total. The molecule has 2 fully saturated rings. The first-order chi connectivity index (χ1) is 15.6. The number of nitriles is 1. The zero-order valence-electron chi connectivity index (χ0n) is 17.9. The monoisotopic (exact) mass is 458 g/mol. The summed E-state index contributed by atoms with van der Waals surface area (Å²) in [5, 5.41) is 8.90. The summed E-state index contributed by atoms with van der Waals surface area (Å²) in [6, 6.07) is 11.0. The van der Waals surface area contributed by atoms with Crippen molar-refractivity contribution in [2.45, 2.75) is 38.1 Å². The van der Waals surface area contributed by atoms with Gasteiger partial charge < -0.3 is 9.64 Å². The normalized spacial score (nSPS) is 17.7. The fourth-order valence-corrected chi connectivity index (χ4v) is 4.21. The van der Waals surface area contributed by atoms with Crippen LogP contribution >= 0.6 is 0 Å². The molecule has 2 aromatic rings. The Hall–Kier alpha value is -3.61. The third-order valence-corrected chi connectivity index (χ3v) is 6.07. The van der Waals surface area contributed by atoms with E-state index in [1.807, 2.05) is 6.07 Å². The highest BCUT2D eigenvalue weighted by Gasteiger charge is 2.47. The average Bonchev–Trinajstić information content (AvgIpc) is 3.08. The molecule has 10 heteroatoms. The van der Waals surface area contributed by atoms with E-state index in [1.54, 1.807) is 34.1 Å². The Balaban J connectivity index is 1.38. The van der Waals surface area contributed by atoms with Crippen LogP contribution in [0.15, 0.2) is 36.4 Å². The summed E-state index contributed by atoms with van der Waals surface area (Å²) in [6.07, 6.45) is -4.13. The van der Waals surface area contributed by atoms with Gasteiger partial charge in [-0.05, 0) is 36.8 Å². The molecule has 0 N–H and O–H groups in total. The maximum absolute atomic E-state index is 12.9. The highest BCUT2D eigenvalue weighted by molar-refractivity contribution is 5.95. The van der Waals surface area contributed by atoms with Gasteiger partial charge in [0.05, 0.1) is 29.4 Å². The molecular weight excluding hydrogens is 437 g/mol. The summed E-state index contributed by atoms with van der Waals surface area (Å²) in [6.45, 7) is 2.75. The predicted molar refractivity (Wildman–Crippen MR) is 110 cm³/mol. The summed E-state index contributed by atoms with van der Waals surface area (Å²) in [5.41, 5.74) is -0.167. The fourth-order valence-electron chi connectivity index (χ4n) is 4.21. The third-order valence-electron chi connectivity index (χ3n) is 6.07. The van der Waals surface area contributed by atoms with Crippen LogP contribution in [0, 0.1) is 18.3 Å². The van der Waals surface area contributed by atoms with Crippen molar-refractivity contribution in [3.8, 4) is 6.07 Å². The number of ether oxygens (including phenoxy) is 1. The first-order valence-corrected chi connectivity index (χ1v) is 10.4. The number of pyridine rings is 1. The van der Waals surface area contributed by atoms with E-state index in [4.69, 9.17) is 10.00 Å². The van der Waals surface area contributed by atoms with Gasteiger partial charge in [-0.25, -0.2) is 9.78 Å². The lowest BCUT2D eigenvalue weighted by Crippen LogP contribution is -2.48. The number of hydrogen-bond acceptors (Lipinski definition) is 5. The minimum Gasteiger partial charge on any atom is -0.441 e. The minimum atomic E-state index is -4.57. The van der Waals surface area contributed by atoms with Gasteiger partial charge in [-0.1, -0.05) is 12.1 Å². The lowest BCUT2D eigenvalue weighted by atomic mass is 9.91. The minimum absolute atomic E-state index is 0.0241. The van der Waals surface area contributed by atoms with Crippen LogP contribution in [0.2, 0.25) is 0 Å². The van der Waals surface area contributed by atoms with Crippen LogP contribution in [0.25, 0.3) is 0 Å². The number of benzene rings is 1. The van der Waals surface area contributed by atoms with E-state index in [-0.39, 0.29) is 17.2 Å². The number of aryl methyl sites for hydroxylation is 1. The zero-order valence-corrected chi connectivity index (χ0v) is 17.9. The van der Waals surface area contributed by atoms with Crippen molar-refractivity contribution >= 4 is 12.0 Å². The molecule has 33 heavy (non-hydrogen) atoms. The number of aromatic nitrogens is 1. The summed E-state index contributed by atoms with van der Waals surface area (Å²) in [4.78, 5) is 32.0. The molecule has 0 aliphatic carbocycles. The van der Waals surface area contributed by atoms with Crippen molar-refractivity contribution in [3.63, 3.8) is 0 Å². The molecule has 3 heterocycles. The maximum atomic E-state index is 12.9. The van der Waals surface area contributed by atoms with E-state index in [0.717, 1.165) is 17.7 Å². The number of amides is 2. The molecule has 4 rings (SSSR count). The Morgan fingerprint density at radius 1 is 1.18 bits per heavy atom. The molecule has 0 unspecified atom stereocenters. The highest BCUT2D eigenvalue weighted by atomic mass is 19.4. The number of halogens is 3. The van der Waals surface area contributed by atoms with Gasteiger partial charge in [-0.2, -0.15) is 18.4 Å². The third kappa shape index (κ3) is 4.62. The molecule has 0 radical (unpaired) electrons. The van der Waals surface area contributed by atoms with Gasteiger partial charge in [0, 0.05) is 32.5 Å². The number of rotatable bonds is 3. The van der Waals surface area contributed by atoms with Crippen LogP contribution in [0.5, 0.6) is 0 Å². The average molecular weight is 458 g/mol. The van der Waals surface area contributed by atoms with E-state index in [0.29, 0.717) is 44.6 Å². The molecule has 1 aromatic carbocycles. The van der Waals surface area contributed by atoms with Gasteiger partial charge >= 0.3 is 12.3 Å². The highest BCUT2D eigenvalue weighted by Crippen LogP contribution is 2.35. The Kier molecular flexibility index (Phi) is 5.74. The Morgan fingerprint density at radius 3 is 2.42 bits per heavy atom. The van der Waals surface area contributed by atoms with E-state index in [2.05, 4.69) is 4.98 Å². The van der Waals surface area contributed by atoms with Crippen LogP contribution in [0.3, 0.4) is 0 Å². The number of piperidine rings is 1. The number of carbonyl (C=O) groups excluding carboxylic acids is 2. The molecule has 2 amide bonds. The van der Waals surface area contributed by atoms with Gasteiger partial charge in [0.25, 0.3) is 5.91 Å². The molecule has 2 aliphatic heterocycles. The van der Waals surface area contributed by atoms with E-state index >= 15 is 0 Å². The topological polar surface area (TPSA) is 86.5 Å². The molecule has 0 atom stereocenters. The lowest BCUT2D eigenvalue weighted by molar-refractivity contribution is -0.141. The van der Waals surface area contributed by atoms with E-state index in [9.17, 15) is 22.8 Å². The second kappa shape index (κ2) is 8.39. The summed E-state index contributed by atoms with van der Waals surface area (Å²) < 4.78 is 44.2. The molecule has 0 bridgehead atoms. The van der Waals surface area contributed by atoms with Crippen LogP contribution < -0.4 is 0 Å². The van der Waals surface area contributed by atoms with Gasteiger partial charge in [-0.3, -0.25) is 9.69 Å². The van der Waals surface area contributed by atoms with Gasteiger partial charge in [0.15, 0.2) is 0 Å². The van der Waals surface area contributed by atoms with Crippen LogP contribution in [0.4, 0.5) is 18.0 Å². The smallest absolute Gasteiger partial charge is 0.433 e. The van der Waals surface area contributed by atoms with Crippen molar-refractivity contribution in [2.24, 2.45) is 0 Å². The van der Waals surface area contributed by atoms with E-state index in [1.165, 1.54) is 6.92 Å². The first kappa shape index (κ1) is 22.6. The summed E-state index contributed by atoms with van der Waals surface area (Å²) >= 11 is 0. The zero-order chi connectivity index (χ0) is 23.8. The summed E-state index contributed by atoms with van der Waals surface area (Å²) in [5.74, 6) is -0.387. The molecular formula is C23H21F3N4O3. The maximum Gasteiger partial charge on any atom is 0.433 e. The summed E-state index contributed by atoms with van der Waals surface area (Å²) in [7, 11) is 0. The van der Waals surface area contributed by atoms with Crippen LogP contribution in [-0.2, 0) is 17.5 Å². The predicted octanol–water partition coefficient (Wildman–Crippen LogP) is 3.91. The Labute approximate surface area is 188 Å². The second-order valence-corrected chi connectivity index (χ2v) is 8.34. The molecule has 2 aliphatic rings. The van der Waals surface area contributed by atoms with Gasteiger partial charge in [-0.15, -0.1) is 0 Å². The molecule has 2 saturated heterocycles. The fraction of sp³-hybridized carbons (Fsp3) is 0.391. The Morgan fingerprint density at radius 2 is 1.85 bits per heavy atom. The standard InChI is InChI=1S/C23H21F3N4O3/c1-15-18(6-7-19(28-15)23(24,25)26)20(31)29-10-8-22(9-11-29)14-30(21(32)33-22)13-17-4-2-16(12-27)3-5-17/h2-7H,8-11,13-14H2,1H3. The van der Waals surface area contributed by atoms with Crippen LogP contribution in [-0.4, -0.2) is 52.0 Å². The lowest BCUT2D eigenvalue weighted by Gasteiger charge is -2.37. The number of likely N-dealkylation sites (tertiary alicyclic amines) is 1.